The third kappa shape index (κ3) is 13.8. The van der Waals surface area contributed by atoms with E-state index in [2.05, 4.69) is 10.6 Å². The molecule has 12 rings (SSSR count). The minimum Gasteiger partial charge on any atom is -0.480 e. The van der Waals surface area contributed by atoms with Gasteiger partial charge >= 0.3 is 23.9 Å². The zero-order valence-electron chi connectivity index (χ0n) is 37.7. The Kier molecular flexibility index (Phi) is 20.2. The number of aliphatic carboxylic acids is 4. The first kappa shape index (κ1) is 56.6. The highest BCUT2D eigenvalue weighted by molar-refractivity contribution is 8.77. The van der Waals surface area contributed by atoms with Crippen molar-refractivity contribution >= 4 is 121 Å². The molecule has 12 fully saturated rings. The van der Waals surface area contributed by atoms with Crippen LogP contribution in [0.15, 0.2) is 0 Å². The topological polar surface area (TPSA) is 277 Å². The van der Waals surface area contributed by atoms with Crippen LogP contribution in [0, 0.1) is 69.5 Å². The highest BCUT2D eigenvalue weighted by Crippen LogP contribution is 2.62. The van der Waals surface area contributed by atoms with Crippen LogP contribution in [0.3, 0.4) is 0 Å². The summed E-state index contributed by atoms with van der Waals surface area (Å²) < 4.78 is 0. The molecule has 0 radical (unpaired) electrons. The van der Waals surface area contributed by atoms with Crippen LogP contribution in [-0.2, 0) is 33.6 Å². The molecule has 12 aliphatic carbocycles. The van der Waals surface area contributed by atoms with Gasteiger partial charge in [-0.05, 0) is 180 Å². The molecule has 2 amide bonds. The molecule has 67 heavy (non-hydrogen) atoms. The van der Waals surface area contributed by atoms with Crippen LogP contribution in [0.5, 0.6) is 0 Å². The third-order valence-corrected chi connectivity index (χ3v) is 21.8. The summed E-state index contributed by atoms with van der Waals surface area (Å²) in [5.74, 6) is 2.33. The normalized spacial score (nSPS) is 36.8. The molecule has 4 unspecified atom stereocenters. The maximum Gasteiger partial charge on any atom is 0.327 e. The predicted molar refractivity (Wildman–Crippen MR) is 267 cm³/mol. The maximum absolute atomic E-state index is 13.3. The van der Waals surface area contributed by atoms with E-state index in [9.17, 15) is 43.8 Å². The number of halogens is 3. The fraction of sp³-hybridized carbons (Fsp3) is 0.844. The smallest absolute Gasteiger partial charge is 0.327 e. The third-order valence-electron chi connectivity index (χ3n) is 16.5. The summed E-state index contributed by atoms with van der Waals surface area (Å²) in [6.07, 6.45) is 20.0. The molecule has 12 saturated carbocycles. The quantitative estimate of drug-likeness (QED) is 0.0369. The molecule has 0 aliphatic heterocycles. The zero-order chi connectivity index (χ0) is 46.8. The Balaban J connectivity index is 0.000000237. The number of rotatable bonds is 19. The van der Waals surface area contributed by atoms with Gasteiger partial charge in [0.1, 0.15) is 24.2 Å². The van der Waals surface area contributed by atoms with Gasteiger partial charge in [0.15, 0.2) is 0 Å². The number of amides is 2. The van der Waals surface area contributed by atoms with Crippen molar-refractivity contribution in [2.24, 2.45) is 81.0 Å². The second kappa shape index (κ2) is 23.9. The molecule has 380 valence electrons. The Bertz CT molecular complexity index is 1630. The van der Waals surface area contributed by atoms with Crippen LogP contribution in [-0.4, -0.2) is 109 Å². The first-order chi connectivity index (χ1) is 30.8. The molecule has 22 heteroatoms. The molecule has 15 nitrogen and oxygen atoms in total. The van der Waals surface area contributed by atoms with Gasteiger partial charge in [-0.3, -0.25) is 24.0 Å². The number of hydrogen-bond acceptors (Lipinski definition) is 13. The minimum atomic E-state index is -1.07. The number of carbonyl (C=O) groups excluding carboxylic acids is 3. The molecule has 0 aromatic heterocycles. The molecule has 12 aliphatic rings. The van der Waals surface area contributed by atoms with Crippen LogP contribution in [0.1, 0.15) is 116 Å². The van der Waals surface area contributed by atoms with Gasteiger partial charge in [0, 0.05) is 39.3 Å². The molecule has 0 aromatic carbocycles. The molecule has 0 heterocycles. The largest absolute Gasteiger partial charge is 0.480 e. The van der Waals surface area contributed by atoms with Gasteiger partial charge < -0.3 is 42.5 Å². The molecule has 0 spiro atoms. The van der Waals surface area contributed by atoms with E-state index in [1.807, 2.05) is 0 Å². The van der Waals surface area contributed by atoms with Crippen LogP contribution >= 0.6 is 79.6 Å². The summed E-state index contributed by atoms with van der Waals surface area (Å²) in [5, 5.41) is 42.0. The first-order valence-electron chi connectivity index (χ1n) is 23.5. The Hall–Kier alpha value is -1.32. The van der Waals surface area contributed by atoms with E-state index in [-0.39, 0.29) is 70.3 Å². The standard InChI is InChI=1S/C28H40N2O6S2.C11H15ClO.C6H12N2O4S2.2ClH/c31-23(32)21(29-25(35)27-7-15-1-16(8-27)3-17(2-15)9-27)13-37-38-14-22(24(33)34)30-26(36)28-10-18-4-19(11-28)6-20(5-18)12-28;12-10(13)11-4-7-1-8(5-11)3-9(2-7)6-11;7-3(5(9)10)1-13-14-2-4(8)6(11)12;;/h15-22H,1-14H2,(H,29,35)(H,30,36)(H,31,32)(H,33,34);7-9H,1-6H2;3-4H,1-2,7-8H2,(H,9,10)(H,11,12);2*1H. The summed E-state index contributed by atoms with van der Waals surface area (Å²) in [6, 6.07) is -3.88. The lowest BCUT2D eigenvalue weighted by molar-refractivity contribution is -0.151. The number of hydrogen-bond donors (Lipinski definition) is 8. The second-order valence-electron chi connectivity index (χ2n) is 21.6. The van der Waals surface area contributed by atoms with Crippen molar-refractivity contribution in [2.75, 3.05) is 23.0 Å². The number of carbonyl (C=O) groups is 7. The van der Waals surface area contributed by atoms with Gasteiger partial charge in [0.25, 0.3) is 0 Å². The van der Waals surface area contributed by atoms with Crippen molar-refractivity contribution in [2.45, 2.75) is 140 Å². The summed E-state index contributed by atoms with van der Waals surface area (Å²) >= 11 is 5.76. The van der Waals surface area contributed by atoms with E-state index >= 15 is 0 Å². The van der Waals surface area contributed by atoms with Crippen molar-refractivity contribution in [3.05, 3.63) is 0 Å². The van der Waals surface area contributed by atoms with Crippen molar-refractivity contribution in [1.29, 1.82) is 0 Å². The molecular formula is C45H69Cl3N4O11S4. The predicted octanol–water partition coefficient (Wildman–Crippen LogP) is 6.94. The van der Waals surface area contributed by atoms with Crippen LogP contribution < -0.4 is 22.1 Å². The van der Waals surface area contributed by atoms with Crippen LogP contribution in [0.2, 0.25) is 0 Å². The van der Waals surface area contributed by atoms with Crippen molar-refractivity contribution in [1.82, 2.24) is 10.6 Å². The van der Waals surface area contributed by atoms with Gasteiger partial charge in [-0.1, -0.05) is 43.2 Å². The summed E-state index contributed by atoms with van der Waals surface area (Å²) in [7, 11) is 4.90. The average molecular weight is 1080 g/mol. The Morgan fingerprint density at radius 1 is 0.433 bits per heavy atom. The molecule has 0 aromatic rings. The van der Waals surface area contributed by atoms with Crippen LogP contribution in [0.25, 0.3) is 0 Å². The van der Waals surface area contributed by atoms with Crippen molar-refractivity contribution in [3.63, 3.8) is 0 Å². The number of nitrogens with two attached hydrogens (primary N) is 2. The van der Waals surface area contributed by atoms with E-state index in [1.54, 1.807) is 0 Å². The van der Waals surface area contributed by atoms with E-state index in [0.29, 0.717) is 35.5 Å². The fourth-order valence-corrected chi connectivity index (χ4v) is 19.5. The molecule has 0 saturated heterocycles. The van der Waals surface area contributed by atoms with Crippen molar-refractivity contribution < 1.29 is 54.0 Å². The van der Waals surface area contributed by atoms with Crippen molar-refractivity contribution in [3.8, 4) is 0 Å². The summed E-state index contributed by atoms with van der Waals surface area (Å²) in [5.41, 5.74) is 9.54. The lowest BCUT2D eigenvalue weighted by Gasteiger charge is -2.55. The highest BCUT2D eigenvalue weighted by Gasteiger charge is 2.57. The Morgan fingerprint density at radius 3 is 0.866 bits per heavy atom. The van der Waals surface area contributed by atoms with Crippen LogP contribution in [0.4, 0.5) is 0 Å². The molecular weight excluding hydrogens is 1010 g/mol. The second-order valence-corrected chi connectivity index (χ2v) is 27.1. The number of carboxylic acid groups (broad SMARTS) is 4. The van der Waals surface area contributed by atoms with E-state index < -0.39 is 58.9 Å². The number of carboxylic acids is 4. The average Bonchev–Trinajstić information content (AvgIpc) is 3.21. The monoisotopic (exact) mass is 1070 g/mol. The van der Waals surface area contributed by atoms with Gasteiger partial charge in [-0.15, -0.1) is 24.8 Å². The lowest BCUT2D eigenvalue weighted by Crippen LogP contribution is -2.56. The van der Waals surface area contributed by atoms with Gasteiger partial charge in [-0.25, -0.2) is 9.59 Å². The minimum absolute atomic E-state index is 0. The lowest BCUT2D eigenvalue weighted by atomic mass is 9.49. The first-order valence-corrected chi connectivity index (χ1v) is 28.8. The summed E-state index contributed by atoms with van der Waals surface area (Å²) in [6.45, 7) is 0. The molecule has 12 bridgehead atoms. The van der Waals surface area contributed by atoms with E-state index in [1.165, 1.54) is 101 Å². The Labute approximate surface area is 426 Å². The van der Waals surface area contributed by atoms with Gasteiger partial charge in [0.2, 0.25) is 17.1 Å². The number of nitrogens with one attached hydrogen (secondary N) is 2. The zero-order valence-corrected chi connectivity index (χ0v) is 43.3. The maximum atomic E-state index is 13.3. The highest BCUT2D eigenvalue weighted by atomic mass is 35.5. The fourth-order valence-electron chi connectivity index (χ4n) is 14.7. The SMILES string of the molecule is Cl.Cl.NC(CSSCC(N)C(=O)O)C(=O)O.O=C(Cl)C12CC3CC(CC(C3)C1)C2.O=C(O)C(CSSCC(NC(=O)C12CC3CC(CC(C3)C1)C2)C(=O)O)NC(=O)C12CC3CC(CC(C3)C1)C2. The summed E-state index contributed by atoms with van der Waals surface area (Å²) in [4.78, 5) is 82.5. The van der Waals surface area contributed by atoms with Gasteiger partial charge in [-0.2, -0.15) is 0 Å². The molecule has 10 N–H and O–H groups in total. The van der Waals surface area contributed by atoms with E-state index in [4.69, 9.17) is 33.3 Å². The molecule has 4 atom stereocenters. The Morgan fingerprint density at radius 2 is 0.657 bits per heavy atom. The van der Waals surface area contributed by atoms with Gasteiger partial charge in [0.05, 0.1) is 0 Å². The van der Waals surface area contributed by atoms with E-state index in [0.717, 1.165) is 75.5 Å².